The monoisotopic (exact) mass is 244 g/mol. The molecule has 0 atom stereocenters. The number of carbonyl (C=O) groups is 1. The molecule has 0 spiro atoms. The number of ether oxygens (including phenoxy) is 1. The van der Waals surface area contributed by atoms with E-state index in [0.717, 1.165) is 12.1 Å². The third-order valence-corrected chi connectivity index (χ3v) is 2.86. The topological polar surface area (TPSA) is 57.2 Å². The van der Waals surface area contributed by atoms with Gasteiger partial charge in [-0.15, -0.1) is 0 Å². The van der Waals surface area contributed by atoms with E-state index >= 15 is 0 Å². The lowest BCUT2D eigenvalue weighted by molar-refractivity contribution is 0.0734. The molecule has 1 aromatic heterocycles. The molecule has 2 rings (SSSR count). The van der Waals surface area contributed by atoms with E-state index in [4.69, 9.17) is 10.5 Å². The fourth-order valence-corrected chi connectivity index (χ4v) is 1.76. The smallest absolute Gasteiger partial charge is 0.347 e. The van der Waals surface area contributed by atoms with Crippen LogP contribution < -0.4 is 10.5 Å². The van der Waals surface area contributed by atoms with Crippen molar-refractivity contribution in [1.29, 1.82) is 0 Å². The van der Waals surface area contributed by atoms with Crippen LogP contribution in [0.4, 0.5) is 5.82 Å². The summed E-state index contributed by atoms with van der Waals surface area (Å²) < 4.78 is 7.14. The number of aryl methyl sites for hydroxylation is 2. The highest BCUT2D eigenvalue weighted by Gasteiger charge is 2.16. The molecule has 0 radical (unpaired) electrons. The van der Waals surface area contributed by atoms with Gasteiger partial charge in [0.1, 0.15) is 17.1 Å². The van der Waals surface area contributed by atoms with Crippen molar-refractivity contribution >= 4 is 11.8 Å². The fraction of sp³-hybridized carbons (Fsp3) is 0.214. The number of benzene rings is 1. The van der Waals surface area contributed by atoms with Crippen LogP contribution >= 0.6 is 0 Å². The molecule has 94 valence electrons. The molecule has 0 aliphatic heterocycles. The Balaban J connectivity index is 2.22. The number of nitrogens with zero attached hydrogens (tertiary/aromatic N) is 1. The number of hydrogen-bond donors (Lipinski definition) is 1. The Morgan fingerprint density at radius 2 is 2.06 bits per heavy atom. The normalized spacial score (nSPS) is 10.3. The number of nitrogen functional groups attached to an aromatic ring is 1. The molecule has 1 aromatic carbocycles. The van der Waals surface area contributed by atoms with Gasteiger partial charge in [0.2, 0.25) is 0 Å². The van der Waals surface area contributed by atoms with Gasteiger partial charge in [-0.1, -0.05) is 18.2 Å². The first-order chi connectivity index (χ1) is 8.63. The fourth-order valence-electron chi connectivity index (χ4n) is 1.76. The molecular weight excluding hydrogens is 228 g/mol. The van der Waals surface area contributed by atoms with Crippen LogP contribution in [0.2, 0.25) is 0 Å². The SMILES string of the molecule is CCn1ccc(C(=O)Oc2ccccc2C)c1N. The summed E-state index contributed by atoms with van der Waals surface area (Å²) in [6.07, 6.45) is 1.78. The number of hydrogen-bond acceptors (Lipinski definition) is 3. The van der Waals surface area contributed by atoms with E-state index in [2.05, 4.69) is 0 Å². The van der Waals surface area contributed by atoms with Crippen LogP contribution in [0.1, 0.15) is 22.8 Å². The molecule has 0 fully saturated rings. The van der Waals surface area contributed by atoms with Gasteiger partial charge < -0.3 is 15.0 Å². The van der Waals surface area contributed by atoms with Gasteiger partial charge in [-0.25, -0.2) is 4.79 Å². The van der Waals surface area contributed by atoms with E-state index in [1.54, 1.807) is 22.9 Å². The van der Waals surface area contributed by atoms with Crippen molar-refractivity contribution < 1.29 is 9.53 Å². The molecule has 0 saturated heterocycles. The number of rotatable bonds is 3. The lowest BCUT2D eigenvalue weighted by atomic mass is 10.2. The molecule has 1 heterocycles. The Hall–Kier alpha value is -2.23. The lowest BCUT2D eigenvalue weighted by Gasteiger charge is -2.07. The Kier molecular flexibility index (Phi) is 3.37. The molecule has 4 nitrogen and oxygen atoms in total. The van der Waals surface area contributed by atoms with E-state index < -0.39 is 5.97 Å². The highest BCUT2D eigenvalue weighted by Crippen LogP contribution is 2.20. The first kappa shape index (κ1) is 12.2. The Morgan fingerprint density at radius 3 is 2.67 bits per heavy atom. The maximum atomic E-state index is 12.0. The second kappa shape index (κ2) is 4.96. The van der Waals surface area contributed by atoms with E-state index in [9.17, 15) is 4.79 Å². The van der Waals surface area contributed by atoms with Crippen molar-refractivity contribution in [3.63, 3.8) is 0 Å². The van der Waals surface area contributed by atoms with Gasteiger partial charge in [0.05, 0.1) is 0 Å². The number of aromatic nitrogens is 1. The maximum Gasteiger partial charge on any atom is 0.347 e. The van der Waals surface area contributed by atoms with Crippen LogP contribution in [-0.4, -0.2) is 10.5 Å². The van der Waals surface area contributed by atoms with Gasteiger partial charge in [0.25, 0.3) is 0 Å². The maximum absolute atomic E-state index is 12.0. The molecule has 18 heavy (non-hydrogen) atoms. The molecule has 2 N–H and O–H groups in total. The highest BCUT2D eigenvalue weighted by molar-refractivity contribution is 5.96. The molecule has 4 heteroatoms. The van der Waals surface area contributed by atoms with Crippen molar-refractivity contribution in [3.05, 3.63) is 47.7 Å². The first-order valence-corrected chi connectivity index (χ1v) is 5.86. The summed E-state index contributed by atoms with van der Waals surface area (Å²) in [5.74, 6) is 0.580. The highest BCUT2D eigenvalue weighted by atomic mass is 16.5. The molecule has 0 bridgehead atoms. The third-order valence-electron chi connectivity index (χ3n) is 2.86. The minimum atomic E-state index is -0.422. The van der Waals surface area contributed by atoms with Gasteiger partial charge in [-0.2, -0.15) is 0 Å². The van der Waals surface area contributed by atoms with Crippen LogP contribution in [0.5, 0.6) is 5.75 Å². The summed E-state index contributed by atoms with van der Waals surface area (Å²) in [5, 5.41) is 0. The molecule has 0 unspecified atom stereocenters. The number of nitrogens with two attached hydrogens (primary N) is 1. The van der Waals surface area contributed by atoms with E-state index in [0.29, 0.717) is 17.1 Å². The van der Waals surface area contributed by atoms with Gasteiger partial charge in [-0.3, -0.25) is 0 Å². The summed E-state index contributed by atoms with van der Waals surface area (Å²) in [6.45, 7) is 4.58. The molecule has 2 aromatic rings. The Morgan fingerprint density at radius 1 is 1.33 bits per heavy atom. The van der Waals surface area contributed by atoms with Crippen LogP contribution in [0, 0.1) is 6.92 Å². The van der Waals surface area contributed by atoms with E-state index in [1.807, 2.05) is 32.0 Å². The van der Waals surface area contributed by atoms with Gasteiger partial charge in [0, 0.05) is 12.7 Å². The van der Waals surface area contributed by atoms with Crippen LogP contribution in [0.15, 0.2) is 36.5 Å². The zero-order valence-electron chi connectivity index (χ0n) is 10.5. The average molecular weight is 244 g/mol. The summed E-state index contributed by atoms with van der Waals surface area (Å²) in [7, 11) is 0. The average Bonchev–Trinajstić information content (AvgIpc) is 2.73. The number of para-hydroxylation sites is 1. The standard InChI is InChI=1S/C14H16N2O2/c1-3-16-9-8-11(13(16)15)14(17)18-12-7-5-4-6-10(12)2/h4-9H,3,15H2,1-2H3. The summed E-state index contributed by atoms with van der Waals surface area (Å²) in [6, 6.07) is 9.06. The van der Waals surface area contributed by atoms with Crippen molar-refractivity contribution in [2.24, 2.45) is 0 Å². The van der Waals surface area contributed by atoms with Crippen LogP contribution in [0.3, 0.4) is 0 Å². The lowest BCUT2D eigenvalue weighted by Crippen LogP contribution is -2.12. The Bertz CT molecular complexity index is 573. The van der Waals surface area contributed by atoms with E-state index in [-0.39, 0.29) is 0 Å². The van der Waals surface area contributed by atoms with Gasteiger partial charge in [-0.05, 0) is 31.5 Å². The van der Waals surface area contributed by atoms with Crippen molar-refractivity contribution in [2.45, 2.75) is 20.4 Å². The van der Waals surface area contributed by atoms with Gasteiger partial charge >= 0.3 is 5.97 Å². The summed E-state index contributed by atoms with van der Waals surface area (Å²) in [5.41, 5.74) is 7.19. The Labute approximate surface area is 106 Å². The van der Waals surface area contributed by atoms with Crippen molar-refractivity contribution in [3.8, 4) is 5.75 Å². The number of anilines is 1. The molecule has 0 amide bonds. The predicted molar refractivity (Wildman–Crippen MR) is 70.7 cm³/mol. The van der Waals surface area contributed by atoms with Gasteiger partial charge in [0.15, 0.2) is 0 Å². The van der Waals surface area contributed by atoms with Crippen molar-refractivity contribution in [1.82, 2.24) is 4.57 Å². The summed E-state index contributed by atoms with van der Waals surface area (Å²) >= 11 is 0. The second-order valence-corrected chi connectivity index (χ2v) is 4.06. The van der Waals surface area contributed by atoms with Crippen LogP contribution in [0.25, 0.3) is 0 Å². The van der Waals surface area contributed by atoms with Crippen molar-refractivity contribution in [2.75, 3.05) is 5.73 Å². The van der Waals surface area contributed by atoms with Crippen LogP contribution in [-0.2, 0) is 6.54 Å². The minimum absolute atomic E-state index is 0.403. The summed E-state index contributed by atoms with van der Waals surface area (Å²) in [4.78, 5) is 12.0. The minimum Gasteiger partial charge on any atom is -0.423 e. The first-order valence-electron chi connectivity index (χ1n) is 5.86. The predicted octanol–water partition coefficient (Wildman–Crippen LogP) is 2.62. The zero-order chi connectivity index (χ0) is 13.1. The number of carbonyl (C=O) groups excluding carboxylic acids is 1. The number of esters is 1. The van der Waals surface area contributed by atoms with E-state index in [1.165, 1.54) is 0 Å². The largest absolute Gasteiger partial charge is 0.423 e. The molecule has 0 aliphatic carbocycles. The molecule has 0 aliphatic rings. The quantitative estimate of drug-likeness (QED) is 0.667. The zero-order valence-corrected chi connectivity index (χ0v) is 10.5. The third kappa shape index (κ3) is 2.22. The molecular formula is C14H16N2O2. The molecule has 0 saturated carbocycles. The second-order valence-electron chi connectivity index (χ2n) is 4.06.